The number of fused-ring (bicyclic) bond motifs is 1. The van der Waals surface area contributed by atoms with Gasteiger partial charge in [-0.3, -0.25) is 0 Å². The van der Waals surface area contributed by atoms with Gasteiger partial charge in [-0.1, -0.05) is 0 Å². The summed E-state index contributed by atoms with van der Waals surface area (Å²) >= 11 is 0. The van der Waals surface area contributed by atoms with Crippen LogP contribution < -0.4 is 21.9 Å². The Morgan fingerprint density at radius 2 is 1.65 bits per heavy atom. The molecule has 11 nitrogen and oxygen atoms in total. The Balaban J connectivity index is 0.00000324. The predicted molar refractivity (Wildman–Crippen MR) is 112 cm³/mol. The Kier molecular flexibility index (Phi) is 7.56. The Bertz CT molecular complexity index is 1170. The fraction of sp³-hybridized carbons (Fsp3) is 0.318. The third kappa shape index (κ3) is 4.62. The third-order valence-electron chi connectivity index (χ3n) is 5.37. The second-order valence-corrected chi connectivity index (χ2v) is 7.52. The summed E-state index contributed by atoms with van der Waals surface area (Å²) in [4.78, 5) is 0. The number of halogens is 1. The van der Waals surface area contributed by atoms with Crippen LogP contribution >= 0.6 is 0 Å². The van der Waals surface area contributed by atoms with Crippen LogP contribution in [0.2, 0.25) is 0 Å². The van der Waals surface area contributed by atoms with Crippen LogP contribution in [0.15, 0.2) is 40.8 Å². The lowest BCUT2D eigenvalue weighted by Crippen LogP contribution is -3.00. The van der Waals surface area contributed by atoms with Gasteiger partial charge in [0.25, 0.3) is 0 Å². The molecule has 0 saturated carbocycles. The first-order valence-corrected chi connectivity index (χ1v) is 9.91. The SMILES string of the molecule is COc1cc(O)c2cc(O[C@@H]3O[C@H](CO)[C@H](O)[C@H](O)[C@H]3O)c(-c3ccc(O)c(O)c3)[o+]c2c1.[Cl-]. The van der Waals surface area contributed by atoms with Crippen LogP contribution in [0.1, 0.15) is 0 Å². The summed E-state index contributed by atoms with van der Waals surface area (Å²) in [6.45, 7) is -0.647. The van der Waals surface area contributed by atoms with Crippen LogP contribution in [0.4, 0.5) is 0 Å². The highest BCUT2D eigenvalue weighted by atomic mass is 35.5. The van der Waals surface area contributed by atoms with Crippen LogP contribution in [0.25, 0.3) is 22.3 Å². The molecule has 0 bridgehead atoms. The highest BCUT2D eigenvalue weighted by Crippen LogP contribution is 2.42. The Morgan fingerprint density at radius 3 is 2.29 bits per heavy atom. The standard InChI is InChI=1S/C22H22O11.ClH/c1-30-10-5-13(25)11-7-16(32-22-20(29)19(28)18(27)17(8-23)33-22)21(31-15(11)6-10)9-2-3-12(24)14(26)4-9;/h2-7,17-20,22-23,27-29H,8H2,1H3,(H2-,24,25,26);1H/t17-,18+,19+,20-,22-;/m1./s1. The van der Waals surface area contributed by atoms with E-state index in [1.165, 1.54) is 43.5 Å². The van der Waals surface area contributed by atoms with Crippen molar-refractivity contribution in [2.24, 2.45) is 0 Å². The van der Waals surface area contributed by atoms with Crippen LogP contribution in [0.5, 0.6) is 28.7 Å². The van der Waals surface area contributed by atoms with E-state index < -0.39 is 43.1 Å². The van der Waals surface area contributed by atoms with Crippen molar-refractivity contribution in [1.29, 1.82) is 0 Å². The minimum absolute atomic E-state index is 0. The molecule has 1 aliphatic heterocycles. The van der Waals surface area contributed by atoms with Gasteiger partial charge in [-0.2, -0.15) is 0 Å². The van der Waals surface area contributed by atoms with Gasteiger partial charge in [-0.05, 0) is 12.1 Å². The number of aliphatic hydroxyl groups is 4. The van der Waals surface area contributed by atoms with E-state index in [9.17, 15) is 35.7 Å². The fourth-order valence-electron chi connectivity index (χ4n) is 3.53. The summed E-state index contributed by atoms with van der Waals surface area (Å²) in [5.41, 5.74) is 0.449. The van der Waals surface area contributed by atoms with E-state index in [-0.39, 0.29) is 51.9 Å². The van der Waals surface area contributed by atoms with Crippen molar-refractivity contribution in [3.8, 4) is 40.1 Å². The molecule has 4 rings (SSSR count). The molecule has 7 N–H and O–H groups in total. The van der Waals surface area contributed by atoms with Gasteiger partial charge in [0, 0.05) is 18.2 Å². The Morgan fingerprint density at radius 1 is 0.912 bits per heavy atom. The third-order valence-corrected chi connectivity index (χ3v) is 5.37. The summed E-state index contributed by atoms with van der Waals surface area (Å²) in [6, 6.07) is 8.11. The first-order valence-electron chi connectivity index (χ1n) is 9.91. The molecule has 0 spiro atoms. The first kappa shape index (κ1) is 25.6. The number of hydrogen-bond acceptors (Lipinski definition) is 10. The summed E-state index contributed by atoms with van der Waals surface area (Å²) in [5.74, 6) is -0.747. The number of benzene rings is 2. The molecule has 2 aromatic carbocycles. The normalized spacial score (nSPS) is 24.4. The average molecular weight is 499 g/mol. The van der Waals surface area contributed by atoms with Gasteiger partial charge < -0.3 is 62.4 Å². The molecule has 0 amide bonds. The zero-order chi connectivity index (χ0) is 23.9. The number of rotatable bonds is 5. The Hall–Kier alpha value is -3.06. The number of hydrogen-bond donors (Lipinski definition) is 7. The Labute approximate surface area is 199 Å². The lowest BCUT2D eigenvalue weighted by atomic mass is 9.99. The largest absolute Gasteiger partial charge is 1.00 e. The minimum Gasteiger partial charge on any atom is -1.00 e. The molecule has 12 heteroatoms. The van der Waals surface area contributed by atoms with Crippen molar-refractivity contribution in [2.75, 3.05) is 13.7 Å². The molecule has 34 heavy (non-hydrogen) atoms. The maximum Gasteiger partial charge on any atom is 0.402 e. The van der Waals surface area contributed by atoms with Crippen molar-refractivity contribution in [3.05, 3.63) is 36.4 Å². The van der Waals surface area contributed by atoms with E-state index in [0.29, 0.717) is 5.75 Å². The van der Waals surface area contributed by atoms with Crippen molar-refractivity contribution in [3.63, 3.8) is 0 Å². The maximum atomic E-state index is 10.4. The molecule has 1 saturated heterocycles. The first-order chi connectivity index (χ1) is 15.7. The van der Waals surface area contributed by atoms with Gasteiger partial charge in [-0.25, -0.2) is 4.42 Å². The smallest absolute Gasteiger partial charge is 0.402 e. The highest BCUT2D eigenvalue weighted by Gasteiger charge is 2.45. The molecule has 3 aromatic rings. The zero-order valence-electron chi connectivity index (χ0n) is 17.7. The molecule has 0 aliphatic carbocycles. The minimum atomic E-state index is -1.69. The molecule has 0 unspecified atom stereocenters. The number of ether oxygens (including phenoxy) is 3. The quantitative estimate of drug-likeness (QED) is 0.148. The van der Waals surface area contributed by atoms with Crippen LogP contribution in [0.3, 0.4) is 0 Å². The molecule has 0 radical (unpaired) electrons. The van der Waals surface area contributed by atoms with Gasteiger partial charge in [0.15, 0.2) is 11.5 Å². The predicted octanol–water partition coefficient (Wildman–Crippen LogP) is -2.31. The summed E-state index contributed by atoms with van der Waals surface area (Å²) in [6.07, 6.45) is -7.67. The number of aliphatic hydroxyl groups excluding tert-OH is 4. The number of methoxy groups -OCH3 is 1. The lowest BCUT2D eigenvalue weighted by Gasteiger charge is -2.39. The summed E-state index contributed by atoms with van der Waals surface area (Å²) < 4.78 is 22.2. The monoisotopic (exact) mass is 498 g/mol. The topological polar surface area (TPSA) is 181 Å². The second-order valence-electron chi connectivity index (χ2n) is 7.52. The van der Waals surface area contributed by atoms with Crippen molar-refractivity contribution in [2.45, 2.75) is 30.7 Å². The van der Waals surface area contributed by atoms with Crippen LogP contribution in [-0.2, 0) is 4.74 Å². The van der Waals surface area contributed by atoms with Crippen molar-refractivity contribution >= 4 is 11.0 Å². The lowest BCUT2D eigenvalue weighted by molar-refractivity contribution is -0.277. The zero-order valence-corrected chi connectivity index (χ0v) is 18.5. The molecular weight excluding hydrogens is 476 g/mol. The van der Waals surface area contributed by atoms with E-state index in [0.717, 1.165) is 0 Å². The van der Waals surface area contributed by atoms with Crippen molar-refractivity contribution < 1.29 is 66.8 Å². The molecule has 5 atom stereocenters. The molecule has 1 fully saturated rings. The van der Waals surface area contributed by atoms with E-state index >= 15 is 0 Å². The van der Waals surface area contributed by atoms with Crippen LogP contribution in [-0.4, -0.2) is 80.2 Å². The summed E-state index contributed by atoms with van der Waals surface area (Å²) in [7, 11) is 1.41. The van der Waals surface area contributed by atoms with E-state index in [1.807, 2.05) is 0 Å². The average Bonchev–Trinajstić information content (AvgIpc) is 2.81. The van der Waals surface area contributed by atoms with Gasteiger partial charge in [0.05, 0.1) is 25.3 Å². The summed E-state index contributed by atoms with van der Waals surface area (Å²) in [5, 5.41) is 70.0. The van der Waals surface area contributed by atoms with Crippen molar-refractivity contribution in [1.82, 2.24) is 0 Å². The van der Waals surface area contributed by atoms with Gasteiger partial charge in [0.1, 0.15) is 41.3 Å². The van der Waals surface area contributed by atoms with Gasteiger partial charge in [-0.15, -0.1) is 0 Å². The van der Waals surface area contributed by atoms with E-state index in [2.05, 4.69) is 0 Å². The van der Waals surface area contributed by atoms with Gasteiger partial charge >= 0.3 is 11.3 Å². The number of aromatic hydroxyl groups is 3. The highest BCUT2D eigenvalue weighted by molar-refractivity contribution is 5.88. The number of phenols is 3. The fourth-order valence-corrected chi connectivity index (χ4v) is 3.53. The molecule has 2 heterocycles. The maximum absolute atomic E-state index is 10.4. The van der Waals surface area contributed by atoms with E-state index in [4.69, 9.17) is 18.6 Å². The second kappa shape index (κ2) is 10.1. The molecular formula is C22H23ClO11. The molecule has 184 valence electrons. The molecule has 1 aliphatic rings. The number of phenolic OH excluding ortho intramolecular Hbond substituents is 3. The molecule has 1 aromatic heterocycles. The van der Waals surface area contributed by atoms with Crippen LogP contribution in [0, 0.1) is 0 Å². The van der Waals surface area contributed by atoms with Gasteiger partial charge in [0.2, 0.25) is 12.0 Å². The van der Waals surface area contributed by atoms with E-state index in [1.54, 1.807) is 0 Å².